The van der Waals surface area contributed by atoms with Gasteiger partial charge >= 0.3 is 11.9 Å². The molecule has 15 heavy (non-hydrogen) atoms. The average molecular weight is 212 g/mol. The van der Waals surface area contributed by atoms with E-state index < -0.39 is 17.9 Å². The lowest BCUT2D eigenvalue weighted by molar-refractivity contribution is -0.160. The van der Waals surface area contributed by atoms with Gasteiger partial charge in [-0.05, 0) is 19.3 Å². The molecule has 84 valence electrons. The summed E-state index contributed by atoms with van der Waals surface area (Å²) in [5.41, 5.74) is 0. The normalized spacial score (nSPS) is 20.1. The fourth-order valence-corrected chi connectivity index (χ4v) is 1.82. The Bertz CT molecular complexity index is 254. The summed E-state index contributed by atoms with van der Waals surface area (Å²) in [6.45, 7) is 0. The van der Waals surface area contributed by atoms with E-state index in [4.69, 9.17) is 0 Å². The van der Waals surface area contributed by atoms with Gasteiger partial charge in [0, 0.05) is 5.92 Å². The van der Waals surface area contributed by atoms with Gasteiger partial charge in [-0.2, -0.15) is 0 Å². The molecule has 4 heteroatoms. The molecule has 0 aromatic heterocycles. The average Bonchev–Trinajstić information content (AvgIpc) is 2.30. The first-order valence-electron chi connectivity index (χ1n) is 5.03. The van der Waals surface area contributed by atoms with Gasteiger partial charge in [-0.3, -0.25) is 9.59 Å². The molecule has 0 bridgehead atoms. The van der Waals surface area contributed by atoms with Crippen molar-refractivity contribution in [2.24, 2.45) is 11.8 Å². The Morgan fingerprint density at radius 2 is 1.87 bits per heavy atom. The lowest BCUT2D eigenvalue weighted by atomic mass is 9.84. The summed E-state index contributed by atoms with van der Waals surface area (Å²) in [7, 11) is 2.57. The Balaban J connectivity index is 2.79. The lowest BCUT2D eigenvalue weighted by Gasteiger charge is -2.22. The van der Waals surface area contributed by atoms with Crippen LogP contribution in [0.4, 0.5) is 0 Å². The third kappa shape index (κ3) is 2.81. The van der Waals surface area contributed by atoms with Crippen LogP contribution in [-0.4, -0.2) is 26.2 Å². The number of methoxy groups -OCH3 is 2. The van der Waals surface area contributed by atoms with Gasteiger partial charge in [0.2, 0.25) is 0 Å². The second-order valence-electron chi connectivity index (χ2n) is 3.55. The molecular weight excluding hydrogens is 196 g/mol. The Hall–Kier alpha value is -1.32. The van der Waals surface area contributed by atoms with Crippen molar-refractivity contribution in [3.05, 3.63) is 12.2 Å². The van der Waals surface area contributed by atoms with E-state index in [0.717, 1.165) is 19.3 Å². The zero-order valence-corrected chi connectivity index (χ0v) is 9.06. The first kappa shape index (κ1) is 11.8. The summed E-state index contributed by atoms with van der Waals surface area (Å²) in [5.74, 6) is -1.92. The highest BCUT2D eigenvalue weighted by Crippen LogP contribution is 2.26. The molecule has 0 unspecified atom stereocenters. The predicted octanol–water partition coefficient (Wildman–Crippen LogP) is 1.30. The first-order valence-corrected chi connectivity index (χ1v) is 5.03. The fraction of sp³-hybridized carbons (Fsp3) is 0.636. The molecular formula is C11H16O4. The first-order chi connectivity index (χ1) is 7.20. The topological polar surface area (TPSA) is 52.6 Å². The van der Waals surface area contributed by atoms with E-state index in [1.54, 1.807) is 0 Å². The molecule has 0 spiro atoms. The van der Waals surface area contributed by atoms with Crippen molar-refractivity contribution < 1.29 is 19.1 Å². The molecule has 1 aliphatic rings. The van der Waals surface area contributed by atoms with Crippen molar-refractivity contribution in [3.63, 3.8) is 0 Å². The summed E-state index contributed by atoms with van der Waals surface area (Å²) in [4.78, 5) is 22.9. The van der Waals surface area contributed by atoms with Crippen LogP contribution in [0.3, 0.4) is 0 Å². The summed E-state index contributed by atoms with van der Waals surface area (Å²) < 4.78 is 9.23. The van der Waals surface area contributed by atoms with Crippen LogP contribution in [0.25, 0.3) is 0 Å². The molecule has 0 N–H and O–H groups in total. The minimum atomic E-state index is -0.809. The molecule has 0 fully saturated rings. The molecule has 0 aliphatic heterocycles. The van der Waals surface area contributed by atoms with Gasteiger partial charge in [-0.1, -0.05) is 12.2 Å². The molecule has 1 aliphatic carbocycles. The van der Waals surface area contributed by atoms with Crippen LogP contribution in [0, 0.1) is 11.8 Å². The van der Waals surface area contributed by atoms with Crippen LogP contribution in [0.2, 0.25) is 0 Å². The second kappa shape index (κ2) is 5.53. The summed E-state index contributed by atoms with van der Waals surface area (Å²) >= 11 is 0. The molecule has 0 amide bonds. The minimum absolute atomic E-state index is 0.0846. The van der Waals surface area contributed by atoms with Gasteiger partial charge < -0.3 is 9.47 Å². The third-order valence-electron chi connectivity index (χ3n) is 2.63. The highest BCUT2D eigenvalue weighted by atomic mass is 16.5. The fourth-order valence-electron chi connectivity index (χ4n) is 1.82. The van der Waals surface area contributed by atoms with E-state index in [0.29, 0.717) is 0 Å². The van der Waals surface area contributed by atoms with E-state index >= 15 is 0 Å². The van der Waals surface area contributed by atoms with Crippen LogP contribution >= 0.6 is 0 Å². The highest BCUT2D eigenvalue weighted by molar-refractivity contribution is 5.95. The van der Waals surface area contributed by atoms with Crippen molar-refractivity contribution in [2.75, 3.05) is 14.2 Å². The van der Waals surface area contributed by atoms with Crippen molar-refractivity contribution in [1.29, 1.82) is 0 Å². The predicted molar refractivity (Wildman–Crippen MR) is 54.0 cm³/mol. The second-order valence-corrected chi connectivity index (χ2v) is 3.55. The van der Waals surface area contributed by atoms with Crippen molar-refractivity contribution in [1.82, 2.24) is 0 Å². The zero-order valence-electron chi connectivity index (χ0n) is 9.06. The van der Waals surface area contributed by atoms with Crippen LogP contribution < -0.4 is 0 Å². The summed E-state index contributed by atoms with van der Waals surface area (Å²) in [6, 6.07) is 0. The van der Waals surface area contributed by atoms with Crippen LogP contribution in [0.1, 0.15) is 19.3 Å². The standard InChI is InChI=1S/C11H16O4/c1-14-10(12)9(11(13)15-2)8-6-4-3-5-7-8/h4,6,8-9H,3,5,7H2,1-2H3/t8-/m0/s1. The zero-order chi connectivity index (χ0) is 11.3. The van der Waals surface area contributed by atoms with Crippen molar-refractivity contribution >= 4 is 11.9 Å². The smallest absolute Gasteiger partial charge is 0.320 e. The maximum Gasteiger partial charge on any atom is 0.320 e. The number of allylic oxidation sites excluding steroid dienone is 2. The maximum absolute atomic E-state index is 11.5. The van der Waals surface area contributed by atoms with Gasteiger partial charge in [-0.25, -0.2) is 0 Å². The number of hydrogen-bond donors (Lipinski definition) is 0. The van der Waals surface area contributed by atoms with E-state index in [9.17, 15) is 9.59 Å². The van der Waals surface area contributed by atoms with E-state index in [1.807, 2.05) is 12.2 Å². The molecule has 0 saturated heterocycles. The molecule has 1 rings (SSSR count). The van der Waals surface area contributed by atoms with Crippen LogP contribution in [-0.2, 0) is 19.1 Å². The summed E-state index contributed by atoms with van der Waals surface area (Å²) in [5, 5.41) is 0. The van der Waals surface area contributed by atoms with Crippen LogP contribution in [0.15, 0.2) is 12.2 Å². The molecule has 0 heterocycles. The largest absolute Gasteiger partial charge is 0.468 e. The number of rotatable bonds is 3. The molecule has 1 atom stereocenters. The minimum Gasteiger partial charge on any atom is -0.468 e. The molecule has 0 aromatic rings. The molecule has 0 aromatic carbocycles. The Labute approximate surface area is 89.2 Å². The lowest BCUT2D eigenvalue weighted by Crippen LogP contribution is -2.33. The summed E-state index contributed by atoms with van der Waals surface area (Å²) in [6.07, 6.45) is 6.72. The van der Waals surface area contributed by atoms with Gasteiger partial charge in [0.1, 0.15) is 0 Å². The van der Waals surface area contributed by atoms with Gasteiger partial charge in [0.25, 0.3) is 0 Å². The highest BCUT2D eigenvalue weighted by Gasteiger charge is 2.35. The van der Waals surface area contributed by atoms with Crippen LogP contribution in [0.5, 0.6) is 0 Å². The Morgan fingerprint density at radius 3 is 2.27 bits per heavy atom. The monoisotopic (exact) mass is 212 g/mol. The third-order valence-corrected chi connectivity index (χ3v) is 2.63. The maximum atomic E-state index is 11.5. The van der Waals surface area contributed by atoms with Gasteiger partial charge in [-0.15, -0.1) is 0 Å². The van der Waals surface area contributed by atoms with Crippen molar-refractivity contribution in [3.8, 4) is 0 Å². The molecule has 4 nitrogen and oxygen atoms in total. The number of ether oxygens (including phenoxy) is 2. The Kier molecular flexibility index (Phi) is 4.34. The number of carbonyl (C=O) groups excluding carboxylic acids is 2. The quantitative estimate of drug-likeness (QED) is 0.402. The SMILES string of the molecule is COC(=O)C(C(=O)OC)[C@H]1C=CCCC1. The van der Waals surface area contributed by atoms with Crippen molar-refractivity contribution in [2.45, 2.75) is 19.3 Å². The van der Waals surface area contributed by atoms with E-state index in [1.165, 1.54) is 14.2 Å². The Morgan fingerprint density at radius 1 is 1.27 bits per heavy atom. The van der Waals surface area contributed by atoms with Gasteiger partial charge in [0.15, 0.2) is 5.92 Å². The molecule has 0 radical (unpaired) electrons. The van der Waals surface area contributed by atoms with E-state index in [-0.39, 0.29) is 5.92 Å². The molecule has 0 saturated carbocycles. The number of esters is 2. The number of hydrogen-bond acceptors (Lipinski definition) is 4. The number of carbonyl (C=O) groups is 2. The van der Waals surface area contributed by atoms with E-state index in [2.05, 4.69) is 9.47 Å². The van der Waals surface area contributed by atoms with Gasteiger partial charge in [0.05, 0.1) is 14.2 Å².